The van der Waals surface area contributed by atoms with Gasteiger partial charge in [0.1, 0.15) is 12.3 Å². The zero-order valence-corrected chi connectivity index (χ0v) is 16.0. The number of hydrogen-bond donors (Lipinski definition) is 1. The van der Waals surface area contributed by atoms with E-state index in [1.54, 1.807) is 24.3 Å². The summed E-state index contributed by atoms with van der Waals surface area (Å²) >= 11 is 0. The van der Waals surface area contributed by atoms with Crippen LogP contribution < -0.4 is 15.6 Å². The zero-order chi connectivity index (χ0) is 21.7. The highest BCUT2D eigenvalue weighted by molar-refractivity contribution is 5.76. The summed E-state index contributed by atoms with van der Waals surface area (Å²) in [6, 6.07) is 17.1. The van der Waals surface area contributed by atoms with Crippen LogP contribution in [-0.2, 0) is 17.5 Å². The fourth-order valence-electron chi connectivity index (χ4n) is 2.98. The summed E-state index contributed by atoms with van der Waals surface area (Å²) in [6.45, 7) is -0.539. The Labute approximate surface area is 170 Å². The Morgan fingerprint density at radius 3 is 2.23 bits per heavy atom. The lowest BCUT2D eigenvalue weighted by molar-refractivity contribution is -0.138. The Morgan fingerprint density at radius 1 is 1.00 bits per heavy atom. The standard InChI is InChI=1S/C22H19F3N2O3/c1-30-18-10-7-16(8-11-18)21(15-5-3-2-4-6-15)26-19(28)14-27-13-17(22(23,24)25)9-12-20(27)29/h2-13,21H,14H2,1H3,(H,26,28)/t21-/m0/s1. The van der Waals surface area contributed by atoms with E-state index in [1.807, 2.05) is 30.3 Å². The van der Waals surface area contributed by atoms with E-state index in [0.29, 0.717) is 18.0 Å². The molecule has 1 heterocycles. The third-order valence-corrected chi connectivity index (χ3v) is 4.51. The first-order chi connectivity index (χ1) is 14.3. The maximum atomic E-state index is 12.9. The first-order valence-corrected chi connectivity index (χ1v) is 9.04. The summed E-state index contributed by atoms with van der Waals surface area (Å²) in [5.74, 6) is 0.0495. The van der Waals surface area contributed by atoms with Crippen LogP contribution in [0.15, 0.2) is 77.7 Å². The second-order valence-electron chi connectivity index (χ2n) is 6.57. The number of rotatable bonds is 6. The Morgan fingerprint density at radius 2 is 1.63 bits per heavy atom. The number of carbonyl (C=O) groups excluding carboxylic acids is 1. The Kier molecular flexibility index (Phi) is 6.25. The van der Waals surface area contributed by atoms with Gasteiger partial charge in [0.2, 0.25) is 5.91 Å². The molecular formula is C22H19F3N2O3. The van der Waals surface area contributed by atoms with Crippen LogP contribution in [0.4, 0.5) is 13.2 Å². The summed E-state index contributed by atoms with van der Waals surface area (Å²) in [4.78, 5) is 24.6. The number of amides is 1. The largest absolute Gasteiger partial charge is 0.497 e. The molecule has 3 rings (SSSR count). The second-order valence-corrected chi connectivity index (χ2v) is 6.57. The highest BCUT2D eigenvalue weighted by Crippen LogP contribution is 2.28. The van der Waals surface area contributed by atoms with E-state index in [9.17, 15) is 22.8 Å². The van der Waals surface area contributed by atoms with Crippen LogP contribution in [-0.4, -0.2) is 17.6 Å². The fraction of sp³-hybridized carbons (Fsp3) is 0.182. The van der Waals surface area contributed by atoms with Gasteiger partial charge in [-0.25, -0.2) is 0 Å². The third kappa shape index (κ3) is 5.08. The number of carbonyl (C=O) groups is 1. The Bertz CT molecular complexity index is 1060. The number of aromatic nitrogens is 1. The maximum Gasteiger partial charge on any atom is 0.417 e. The number of nitrogens with zero attached hydrogens (tertiary/aromatic N) is 1. The number of hydrogen-bond acceptors (Lipinski definition) is 3. The quantitative estimate of drug-likeness (QED) is 0.665. The van der Waals surface area contributed by atoms with Crippen molar-refractivity contribution in [2.45, 2.75) is 18.8 Å². The van der Waals surface area contributed by atoms with Gasteiger partial charge in [0, 0.05) is 12.3 Å². The van der Waals surface area contributed by atoms with Crippen molar-refractivity contribution in [3.8, 4) is 5.75 Å². The van der Waals surface area contributed by atoms with Crippen LogP contribution in [0.1, 0.15) is 22.7 Å². The lowest BCUT2D eigenvalue weighted by atomic mass is 9.98. The van der Waals surface area contributed by atoms with Gasteiger partial charge in [0.25, 0.3) is 5.56 Å². The van der Waals surface area contributed by atoms with Crippen molar-refractivity contribution >= 4 is 5.91 Å². The minimum absolute atomic E-state index is 0.539. The third-order valence-electron chi connectivity index (χ3n) is 4.51. The number of pyridine rings is 1. The molecule has 30 heavy (non-hydrogen) atoms. The van der Waals surface area contributed by atoms with E-state index in [2.05, 4.69) is 5.32 Å². The smallest absolute Gasteiger partial charge is 0.417 e. The van der Waals surface area contributed by atoms with E-state index in [-0.39, 0.29) is 0 Å². The molecule has 1 aromatic heterocycles. The van der Waals surface area contributed by atoms with Crippen LogP contribution in [0.2, 0.25) is 0 Å². The minimum atomic E-state index is -4.61. The molecule has 0 spiro atoms. The molecule has 0 aliphatic rings. The van der Waals surface area contributed by atoms with Gasteiger partial charge in [-0.1, -0.05) is 42.5 Å². The van der Waals surface area contributed by atoms with Crippen molar-refractivity contribution in [1.29, 1.82) is 0 Å². The molecule has 0 radical (unpaired) electrons. The van der Waals surface area contributed by atoms with Gasteiger partial charge < -0.3 is 14.6 Å². The van der Waals surface area contributed by atoms with E-state index >= 15 is 0 Å². The molecule has 0 saturated heterocycles. The monoisotopic (exact) mass is 416 g/mol. The zero-order valence-electron chi connectivity index (χ0n) is 16.0. The summed E-state index contributed by atoms with van der Waals surface area (Å²) in [5, 5.41) is 2.80. The van der Waals surface area contributed by atoms with Crippen molar-refractivity contribution < 1.29 is 22.7 Å². The van der Waals surface area contributed by atoms with Crippen molar-refractivity contribution in [2.24, 2.45) is 0 Å². The highest BCUT2D eigenvalue weighted by atomic mass is 19.4. The lowest BCUT2D eigenvalue weighted by Gasteiger charge is -2.21. The van der Waals surface area contributed by atoms with E-state index < -0.39 is 35.8 Å². The number of halogens is 3. The number of nitrogens with one attached hydrogen (secondary N) is 1. The van der Waals surface area contributed by atoms with Crippen LogP contribution in [0.25, 0.3) is 0 Å². The second kappa shape index (κ2) is 8.86. The summed E-state index contributed by atoms with van der Waals surface area (Å²) in [5.41, 5.74) is -0.150. The molecule has 0 saturated carbocycles. The van der Waals surface area contributed by atoms with E-state index in [0.717, 1.165) is 21.8 Å². The van der Waals surface area contributed by atoms with Crippen molar-refractivity contribution in [1.82, 2.24) is 9.88 Å². The summed E-state index contributed by atoms with van der Waals surface area (Å²) in [6.07, 6.45) is -3.96. The number of benzene rings is 2. The molecule has 3 aromatic rings. The number of ether oxygens (including phenoxy) is 1. The SMILES string of the molecule is COc1ccc([C@@H](NC(=O)Cn2cc(C(F)(F)F)ccc2=O)c2ccccc2)cc1. The molecule has 156 valence electrons. The van der Waals surface area contributed by atoms with Crippen LogP contribution in [0.3, 0.4) is 0 Å². The van der Waals surface area contributed by atoms with Gasteiger partial charge >= 0.3 is 6.18 Å². The molecule has 0 fully saturated rings. The normalized spacial score (nSPS) is 12.3. The summed E-state index contributed by atoms with van der Waals surface area (Å²) < 4.78 is 44.7. The molecule has 0 aliphatic heterocycles. The molecule has 8 heteroatoms. The van der Waals surface area contributed by atoms with Gasteiger partial charge in [-0.15, -0.1) is 0 Å². The first kappa shape index (κ1) is 21.2. The Balaban J connectivity index is 1.86. The Hall–Kier alpha value is -3.55. The molecule has 0 bridgehead atoms. The molecule has 5 nitrogen and oxygen atoms in total. The summed E-state index contributed by atoms with van der Waals surface area (Å²) in [7, 11) is 1.54. The fourth-order valence-corrected chi connectivity index (χ4v) is 2.98. The highest BCUT2D eigenvalue weighted by Gasteiger charge is 2.31. The first-order valence-electron chi connectivity index (χ1n) is 9.04. The van der Waals surface area contributed by atoms with Crippen LogP contribution >= 0.6 is 0 Å². The maximum absolute atomic E-state index is 12.9. The molecule has 0 unspecified atom stereocenters. The minimum Gasteiger partial charge on any atom is -0.497 e. The van der Waals surface area contributed by atoms with E-state index in [4.69, 9.17) is 4.74 Å². The molecule has 2 aromatic carbocycles. The van der Waals surface area contributed by atoms with Crippen molar-refractivity contribution in [3.63, 3.8) is 0 Å². The molecule has 0 aliphatic carbocycles. The predicted octanol–water partition coefficient (Wildman–Crippen LogP) is 3.78. The van der Waals surface area contributed by atoms with Gasteiger partial charge in [-0.2, -0.15) is 13.2 Å². The average molecular weight is 416 g/mol. The molecule has 1 N–H and O–H groups in total. The molecular weight excluding hydrogens is 397 g/mol. The topological polar surface area (TPSA) is 60.3 Å². The van der Waals surface area contributed by atoms with Crippen molar-refractivity contribution in [2.75, 3.05) is 7.11 Å². The van der Waals surface area contributed by atoms with Crippen molar-refractivity contribution in [3.05, 3.63) is 100.0 Å². The van der Waals surface area contributed by atoms with Gasteiger partial charge in [0.15, 0.2) is 0 Å². The number of alkyl halides is 3. The predicted molar refractivity (Wildman–Crippen MR) is 105 cm³/mol. The van der Waals surface area contributed by atoms with E-state index in [1.165, 1.54) is 7.11 Å². The lowest BCUT2D eigenvalue weighted by Crippen LogP contribution is -2.35. The average Bonchev–Trinajstić information content (AvgIpc) is 2.73. The van der Waals surface area contributed by atoms with Gasteiger partial charge in [0.05, 0.1) is 18.7 Å². The van der Waals surface area contributed by atoms with Gasteiger partial charge in [-0.3, -0.25) is 9.59 Å². The molecule has 1 atom stereocenters. The van der Waals surface area contributed by atoms with Crippen LogP contribution in [0.5, 0.6) is 5.75 Å². The van der Waals surface area contributed by atoms with Gasteiger partial charge in [-0.05, 0) is 29.3 Å². The number of methoxy groups -OCH3 is 1. The molecule has 1 amide bonds. The van der Waals surface area contributed by atoms with Crippen LogP contribution in [0, 0.1) is 0 Å².